The van der Waals surface area contributed by atoms with E-state index in [0.717, 1.165) is 28.5 Å². The third-order valence-electron chi connectivity index (χ3n) is 5.94. The second-order valence-corrected chi connectivity index (χ2v) is 9.96. The number of ether oxygens (including phenoxy) is 1. The third-order valence-corrected chi connectivity index (χ3v) is 6.93. The molecule has 35 heavy (non-hydrogen) atoms. The molecule has 2 aromatic rings. The number of nitrogens with zero attached hydrogens (tertiary/aromatic N) is 1. The van der Waals surface area contributed by atoms with Crippen LogP contribution in [-0.2, 0) is 30.3 Å². The fourth-order valence-electron chi connectivity index (χ4n) is 4.42. The Balaban J connectivity index is 1.74. The Morgan fingerprint density at radius 3 is 2.49 bits per heavy atom. The molecule has 0 aromatic heterocycles. The number of aryl methyl sites for hydroxylation is 1. The lowest BCUT2D eigenvalue weighted by Gasteiger charge is -2.30. The van der Waals surface area contributed by atoms with Crippen LogP contribution in [0.25, 0.3) is 0 Å². The van der Waals surface area contributed by atoms with Gasteiger partial charge in [0, 0.05) is 6.92 Å². The van der Waals surface area contributed by atoms with Crippen molar-refractivity contribution in [2.45, 2.75) is 57.4 Å². The Kier molecular flexibility index (Phi) is 9.48. The maximum absolute atomic E-state index is 13.4. The zero-order valence-electron chi connectivity index (χ0n) is 20.4. The summed E-state index contributed by atoms with van der Waals surface area (Å²) in [7, 11) is 0. The smallest absolute Gasteiger partial charge is 0.328 e. The van der Waals surface area contributed by atoms with E-state index in [1.165, 1.54) is 6.92 Å². The SMILES string of the molecule is CCOC(=O)[C@@H]1CC[C@H](c2cccc(C)c2)N1C(=O)CNC(=O)[C@H](Cc1ccccc1)SC(C)=O. The molecule has 1 aliphatic heterocycles. The number of hydrogen-bond donors (Lipinski definition) is 1. The number of nitrogens with one attached hydrogen (secondary N) is 1. The molecule has 1 aliphatic rings. The van der Waals surface area contributed by atoms with Crippen LogP contribution in [0.5, 0.6) is 0 Å². The van der Waals surface area contributed by atoms with E-state index in [2.05, 4.69) is 5.32 Å². The number of likely N-dealkylation sites (tertiary alicyclic amines) is 1. The fraction of sp³-hybridized carbons (Fsp3) is 0.407. The Hall–Kier alpha value is -3.13. The van der Waals surface area contributed by atoms with E-state index in [0.29, 0.717) is 19.3 Å². The molecule has 2 aromatic carbocycles. The average molecular weight is 497 g/mol. The highest BCUT2D eigenvalue weighted by Gasteiger charge is 2.42. The summed E-state index contributed by atoms with van der Waals surface area (Å²) in [5.74, 6) is -1.18. The topological polar surface area (TPSA) is 92.8 Å². The van der Waals surface area contributed by atoms with E-state index in [4.69, 9.17) is 4.74 Å². The van der Waals surface area contributed by atoms with Crippen LogP contribution in [-0.4, -0.2) is 52.2 Å². The fourth-order valence-corrected chi connectivity index (χ4v) is 5.28. The van der Waals surface area contributed by atoms with E-state index in [1.54, 1.807) is 11.8 Å². The second-order valence-electron chi connectivity index (χ2n) is 8.58. The number of amides is 2. The summed E-state index contributed by atoms with van der Waals surface area (Å²) in [5.41, 5.74) is 2.94. The lowest BCUT2D eigenvalue weighted by Crippen LogP contribution is -2.48. The Morgan fingerprint density at radius 2 is 1.83 bits per heavy atom. The highest BCUT2D eigenvalue weighted by Crippen LogP contribution is 2.37. The highest BCUT2D eigenvalue weighted by atomic mass is 32.2. The van der Waals surface area contributed by atoms with Crippen LogP contribution in [0.15, 0.2) is 54.6 Å². The van der Waals surface area contributed by atoms with E-state index in [1.807, 2.05) is 61.5 Å². The Labute approximate surface area is 210 Å². The van der Waals surface area contributed by atoms with Gasteiger partial charge in [-0.25, -0.2) is 4.79 Å². The summed E-state index contributed by atoms with van der Waals surface area (Å²) < 4.78 is 5.23. The molecule has 2 amide bonds. The number of rotatable bonds is 9. The van der Waals surface area contributed by atoms with E-state index >= 15 is 0 Å². The van der Waals surface area contributed by atoms with Crippen molar-refractivity contribution in [3.63, 3.8) is 0 Å². The molecule has 3 atom stereocenters. The van der Waals surface area contributed by atoms with Crippen LogP contribution in [0.4, 0.5) is 0 Å². The van der Waals surface area contributed by atoms with Gasteiger partial charge in [-0.1, -0.05) is 71.9 Å². The molecular formula is C27H32N2O5S. The molecule has 0 aliphatic carbocycles. The first-order valence-corrected chi connectivity index (χ1v) is 12.7. The summed E-state index contributed by atoms with van der Waals surface area (Å²) in [6.45, 7) is 5.10. The summed E-state index contributed by atoms with van der Waals surface area (Å²) in [6.07, 6.45) is 1.49. The number of benzene rings is 2. The maximum atomic E-state index is 13.4. The normalized spacial score (nSPS) is 18.1. The first-order valence-electron chi connectivity index (χ1n) is 11.8. The van der Waals surface area contributed by atoms with Gasteiger partial charge in [-0.15, -0.1) is 0 Å². The Bertz CT molecular complexity index is 1060. The molecule has 1 N–H and O–H groups in total. The predicted octanol–water partition coefficient (Wildman–Crippen LogP) is 3.60. The van der Waals surface area contributed by atoms with Crippen molar-refractivity contribution in [3.8, 4) is 0 Å². The molecular weight excluding hydrogens is 464 g/mol. The van der Waals surface area contributed by atoms with Crippen LogP contribution in [0, 0.1) is 6.92 Å². The minimum atomic E-state index is -0.698. The van der Waals surface area contributed by atoms with Gasteiger partial charge in [0.1, 0.15) is 6.04 Å². The van der Waals surface area contributed by atoms with Gasteiger partial charge in [0.05, 0.1) is 24.4 Å². The molecule has 0 radical (unpaired) electrons. The van der Waals surface area contributed by atoms with Crippen LogP contribution in [0.2, 0.25) is 0 Å². The van der Waals surface area contributed by atoms with Crippen LogP contribution in [0.1, 0.15) is 49.4 Å². The highest BCUT2D eigenvalue weighted by molar-refractivity contribution is 8.14. The Morgan fingerprint density at radius 1 is 1.09 bits per heavy atom. The summed E-state index contributed by atoms with van der Waals surface area (Å²) in [4.78, 5) is 52.3. The molecule has 1 saturated heterocycles. The minimum absolute atomic E-state index is 0.172. The van der Waals surface area contributed by atoms with Crippen molar-refractivity contribution < 1.29 is 23.9 Å². The molecule has 7 nitrogen and oxygen atoms in total. The van der Waals surface area contributed by atoms with Crippen molar-refractivity contribution in [1.82, 2.24) is 10.2 Å². The van der Waals surface area contributed by atoms with Crippen molar-refractivity contribution >= 4 is 34.7 Å². The lowest BCUT2D eigenvalue weighted by molar-refractivity contribution is -0.154. The lowest BCUT2D eigenvalue weighted by atomic mass is 10.0. The first kappa shape index (κ1) is 26.5. The van der Waals surface area contributed by atoms with Gasteiger partial charge in [0.2, 0.25) is 11.8 Å². The van der Waals surface area contributed by atoms with E-state index < -0.39 is 17.3 Å². The number of carbonyl (C=O) groups is 4. The number of hydrogen-bond acceptors (Lipinski definition) is 6. The van der Waals surface area contributed by atoms with E-state index in [9.17, 15) is 19.2 Å². The number of esters is 1. The molecule has 8 heteroatoms. The van der Waals surface area contributed by atoms with Gasteiger partial charge in [-0.2, -0.15) is 0 Å². The van der Waals surface area contributed by atoms with Crippen LogP contribution >= 0.6 is 11.8 Å². The zero-order chi connectivity index (χ0) is 25.4. The molecule has 1 fully saturated rings. The summed E-state index contributed by atoms with van der Waals surface area (Å²) in [6, 6.07) is 16.3. The largest absolute Gasteiger partial charge is 0.464 e. The van der Waals surface area contributed by atoms with Crippen molar-refractivity contribution in [2.24, 2.45) is 0 Å². The summed E-state index contributed by atoms with van der Waals surface area (Å²) in [5, 5.41) is 1.87. The third kappa shape index (κ3) is 7.18. The van der Waals surface area contributed by atoms with Gasteiger partial charge < -0.3 is 15.0 Å². The molecule has 0 spiro atoms. The van der Waals surface area contributed by atoms with Gasteiger partial charge >= 0.3 is 5.97 Å². The number of carbonyl (C=O) groups excluding carboxylic acids is 4. The van der Waals surface area contributed by atoms with Gasteiger partial charge in [0.25, 0.3) is 0 Å². The minimum Gasteiger partial charge on any atom is -0.464 e. The van der Waals surface area contributed by atoms with E-state index in [-0.39, 0.29) is 36.1 Å². The van der Waals surface area contributed by atoms with Crippen molar-refractivity contribution in [1.29, 1.82) is 0 Å². The van der Waals surface area contributed by atoms with Crippen LogP contribution in [0.3, 0.4) is 0 Å². The molecule has 1 heterocycles. The molecule has 186 valence electrons. The van der Waals surface area contributed by atoms with Crippen LogP contribution < -0.4 is 5.32 Å². The molecule has 3 rings (SSSR count). The average Bonchev–Trinajstić information content (AvgIpc) is 3.28. The maximum Gasteiger partial charge on any atom is 0.328 e. The molecule has 0 saturated carbocycles. The second kappa shape index (κ2) is 12.5. The number of thioether (sulfide) groups is 1. The van der Waals surface area contributed by atoms with Crippen molar-refractivity contribution in [3.05, 3.63) is 71.3 Å². The monoisotopic (exact) mass is 496 g/mol. The molecule has 0 unspecified atom stereocenters. The van der Waals surface area contributed by atoms with Gasteiger partial charge in [-0.05, 0) is 44.2 Å². The summed E-state index contributed by atoms with van der Waals surface area (Å²) >= 11 is 0.948. The first-order chi connectivity index (χ1) is 16.8. The standard InChI is InChI=1S/C27H32N2O5S/c1-4-34-27(33)23-14-13-22(21-12-8-9-18(2)15-21)29(23)25(31)17-28-26(32)24(35-19(3)30)16-20-10-6-5-7-11-20/h5-12,15,22-24H,4,13-14,16-17H2,1-3H3,(H,28,32)/t22-,23+,24+/m1/s1. The predicted molar refractivity (Wildman–Crippen MR) is 136 cm³/mol. The van der Waals surface area contributed by atoms with Crippen molar-refractivity contribution in [2.75, 3.05) is 13.2 Å². The van der Waals surface area contributed by atoms with Gasteiger partial charge in [0.15, 0.2) is 5.12 Å². The quantitative estimate of drug-likeness (QED) is 0.534. The van der Waals surface area contributed by atoms with Gasteiger partial charge in [-0.3, -0.25) is 14.4 Å². The molecule has 0 bridgehead atoms. The zero-order valence-corrected chi connectivity index (χ0v) is 21.2.